The summed E-state index contributed by atoms with van der Waals surface area (Å²) in [6.07, 6.45) is 2.33. The van der Waals surface area contributed by atoms with Crippen molar-refractivity contribution in [2.45, 2.75) is 39.0 Å². The molecule has 120 valence electrons. The van der Waals surface area contributed by atoms with Gasteiger partial charge in [0.1, 0.15) is 0 Å². The number of aliphatic hydroxyl groups excluding tert-OH is 1. The maximum Gasteiger partial charge on any atom is 0.180 e. The van der Waals surface area contributed by atoms with Gasteiger partial charge in [0.25, 0.3) is 0 Å². The Balaban J connectivity index is 2.04. The van der Waals surface area contributed by atoms with Gasteiger partial charge in [-0.2, -0.15) is 0 Å². The van der Waals surface area contributed by atoms with E-state index in [9.17, 15) is 5.11 Å². The van der Waals surface area contributed by atoms with E-state index in [2.05, 4.69) is 16.8 Å². The summed E-state index contributed by atoms with van der Waals surface area (Å²) in [6, 6.07) is 8.20. The average molecular weight is 340 g/mol. The van der Waals surface area contributed by atoms with Gasteiger partial charge in [0.15, 0.2) is 5.13 Å². The number of hydrogen-bond donors (Lipinski definition) is 2. The Morgan fingerprint density at radius 1 is 1.32 bits per heavy atom. The molecule has 0 amide bonds. The lowest BCUT2D eigenvalue weighted by atomic mass is 10.1. The molecule has 1 heterocycles. The number of aromatic nitrogens is 1. The fourth-order valence-corrected chi connectivity index (χ4v) is 3.26. The monoisotopic (exact) mass is 339 g/mol. The molecule has 0 radical (unpaired) electrons. The van der Waals surface area contributed by atoms with Crippen LogP contribution < -0.4 is 5.73 Å². The summed E-state index contributed by atoms with van der Waals surface area (Å²) in [4.78, 5) is 7.46. The Kier molecular flexibility index (Phi) is 6.20. The Morgan fingerprint density at radius 2 is 2.00 bits per heavy atom. The van der Waals surface area contributed by atoms with Gasteiger partial charge in [-0.3, -0.25) is 4.90 Å². The zero-order valence-electron chi connectivity index (χ0n) is 12.9. The first kappa shape index (κ1) is 17.2. The number of halogens is 1. The van der Waals surface area contributed by atoms with Crippen molar-refractivity contribution >= 4 is 28.1 Å². The molecule has 0 saturated heterocycles. The van der Waals surface area contributed by atoms with Crippen LogP contribution in [0, 0.1) is 0 Å². The van der Waals surface area contributed by atoms with Crippen LogP contribution in [0.5, 0.6) is 0 Å². The van der Waals surface area contributed by atoms with Gasteiger partial charge >= 0.3 is 0 Å². The maximum absolute atomic E-state index is 9.76. The molecule has 2 aromatic rings. The Morgan fingerprint density at radius 3 is 2.55 bits per heavy atom. The highest BCUT2D eigenvalue weighted by Gasteiger charge is 2.18. The number of nitrogen functional groups attached to an aromatic ring is 1. The third-order valence-corrected chi connectivity index (χ3v) is 4.56. The third-order valence-electron chi connectivity index (χ3n) is 3.50. The van der Waals surface area contributed by atoms with Crippen molar-refractivity contribution in [2.24, 2.45) is 0 Å². The lowest BCUT2D eigenvalue weighted by Gasteiger charge is -2.29. The molecule has 2 atom stereocenters. The van der Waals surface area contributed by atoms with Gasteiger partial charge in [0, 0.05) is 35.2 Å². The summed E-state index contributed by atoms with van der Waals surface area (Å²) in [5, 5.41) is 11.1. The molecule has 0 aliphatic heterocycles. The van der Waals surface area contributed by atoms with Crippen LogP contribution in [0.4, 0.5) is 5.13 Å². The summed E-state index contributed by atoms with van der Waals surface area (Å²) in [5.41, 5.74) is 6.93. The molecule has 0 aliphatic rings. The maximum atomic E-state index is 9.76. The summed E-state index contributed by atoms with van der Waals surface area (Å²) in [7, 11) is 0. The predicted molar refractivity (Wildman–Crippen MR) is 93.2 cm³/mol. The van der Waals surface area contributed by atoms with E-state index in [1.165, 1.54) is 16.9 Å². The van der Waals surface area contributed by atoms with Crippen LogP contribution >= 0.6 is 22.9 Å². The van der Waals surface area contributed by atoms with Crippen LogP contribution in [0.25, 0.3) is 0 Å². The van der Waals surface area contributed by atoms with E-state index in [4.69, 9.17) is 17.3 Å². The number of nitrogens with two attached hydrogens (primary N) is 1. The topological polar surface area (TPSA) is 62.4 Å². The van der Waals surface area contributed by atoms with Gasteiger partial charge in [-0.15, -0.1) is 11.3 Å². The van der Waals surface area contributed by atoms with Crippen molar-refractivity contribution in [3.8, 4) is 0 Å². The molecule has 1 aromatic carbocycles. The molecular formula is C16H22ClN3OS. The number of rotatable bonds is 7. The molecule has 4 nitrogen and oxygen atoms in total. The van der Waals surface area contributed by atoms with Crippen molar-refractivity contribution in [3.63, 3.8) is 0 Å². The zero-order chi connectivity index (χ0) is 16.1. The first-order valence-electron chi connectivity index (χ1n) is 7.30. The highest BCUT2D eigenvalue weighted by atomic mass is 35.5. The van der Waals surface area contributed by atoms with Crippen molar-refractivity contribution in [3.05, 3.63) is 45.9 Å². The van der Waals surface area contributed by atoms with E-state index in [0.717, 1.165) is 22.9 Å². The number of hydrogen-bond acceptors (Lipinski definition) is 5. The minimum Gasteiger partial charge on any atom is -0.392 e. The molecular weight excluding hydrogens is 318 g/mol. The molecule has 0 saturated carbocycles. The molecule has 0 spiro atoms. The SMILES string of the molecule is CC(Cc1ccc(Cl)cc1)N(Cc1cnc(N)s1)C[C@@H](C)O. The van der Waals surface area contributed by atoms with E-state index in [1.54, 1.807) is 0 Å². The van der Waals surface area contributed by atoms with Gasteiger partial charge in [-0.25, -0.2) is 4.98 Å². The van der Waals surface area contributed by atoms with Crippen molar-refractivity contribution in [2.75, 3.05) is 12.3 Å². The average Bonchev–Trinajstić information content (AvgIpc) is 2.85. The van der Waals surface area contributed by atoms with Crippen molar-refractivity contribution in [1.82, 2.24) is 9.88 Å². The van der Waals surface area contributed by atoms with Gasteiger partial charge in [0.2, 0.25) is 0 Å². The molecule has 6 heteroatoms. The Hall–Kier alpha value is -1.14. The molecule has 2 rings (SSSR count). The Bertz CT molecular complexity index is 585. The minimum atomic E-state index is -0.377. The number of nitrogens with zero attached hydrogens (tertiary/aromatic N) is 2. The van der Waals surface area contributed by atoms with Crippen LogP contribution in [0.15, 0.2) is 30.5 Å². The molecule has 0 bridgehead atoms. The first-order chi connectivity index (χ1) is 10.4. The molecule has 1 unspecified atom stereocenters. The first-order valence-corrected chi connectivity index (χ1v) is 8.50. The molecule has 22 heavy (non-hydrogen) atoms. The van der Waals surface area contributed by atoms with Crippen LogP contribution in [-0.4, -0.2) is 33.7 Å². The quantitative estimate of drug-likeness (QED) is 0.813. The second-order valence-electron chi connectivity index (χ2n) is 5.62. The standard InChI is InChI=1S/C16H22ClN3OS/c1-11(7-13-3-5-14(17)6-4-13)20(9-12(2)21)10-15-8-19-16(18)22-15/h3-6,8,11-12,21H,7,9-10H2,1-2H3,(H2,18,19)/t11?,12-/m1/s1. The van der Waals surface area contributed by atoms with Gasteiger partial charge in [-0.05, 0) is 38.0 Å². The van der Waals surface area contributed by atoms with E-state index in [-0.39, 0.29) is 6.10 Å². The highest BCUT2D eigenvalue weighted by molar-refractivity contribution is 7.15. The van der Waals surface area contributed by atoms with Crippen LogP contribution in [0.1, 0.15) is 24.3 Å². The highest BCUT2D eigenvalue weighted by Crippen LogP contribution is 2.20. The van der Waals surface area contributed by atoms with E-state index in [1.807, 2.05) is 37.4 Å². The van der Waals surface area contributed by atoms with Crippen LogP contribution in [0.2, 0.25) is 5.02 Å². The number of thiazole rings is 1. The fourth-order valence-electron chi connectivity index (χ4n) is 2.43. The van der Waals surface area contributed by atoms with Crippen LogP contribution in [0.3, 0.4) is 0 Å². The second kappa shape index (κ2) is 7.92. The summed E-state index contributed by atoms with van der Waals surface area (Å²) in [5.74, 6) is 0. The van der Waals surface area contributed by atoms with E-state index >= 15 is 0 Å². The van der Waals surface area contributed by atoms with Crippen LogP contribution in [-0.2, 0) is 13.0 Å². The van der Waals surface area contributed by atoms with Gasteiger partial charge in [0.05, 0.1) is 6.10 Å². The minimum absolute atomic E-state index is 0.291. The fraction of sp³-hybridized carbons (Fsp3) is 0.438. The lowest BCUT2D eigenvalue weighted by Crippen LogP contribution is -2.38. The smallest absolute Gasteiger partial charge is 0.180 e. The zero-order valence-corrected chi connectivity index (χ0v) is 14.4. The normalized spacial score (nSPS) is 14.2. The Labute approximate surface area is 140 Å². The molecule has 0 aliphatic carbocycles. The number of benzene rings is 1. The van der Waals surface area contributed by atoms with Gasteiger partial charge < -0.3 is 10.8 Å². The molecule has 3 N–H and O–H groups in total. The second-order valence-corrected chi connectivity index (χ2v) is 7.21. The van der Waals surface area contributed by atoms with E-state index < -0.39 is 0 Å². The largest absolute Gasteiger partial charge is 0.392 e. The number of aliphatic hydroxyl groups is 1. The third kappa shape index (κ3) is 5.25. The van der Waals surface area contributed by atoms with Gasteiger partial charge in [-0.1, -0.05) is 23.7 Å². The van der Waals surface area contributed by atoms with Crippen molar-refractivity contribution in [1.29, 1.82) is 0 Å². The summed E-state index contributed by atoms with van der Waals surface area (Å²) < 4.78 is 0. The summed E-state index contributed by atoms with van der Waals surface area (Å²) >= 11 is 7.42. The lowest BCUT2D eigenvalue weighted by molar-refractivity contribution is 0.0980. The van der Waals surface area contributed by atoms with E-state index in [0.29, 0.717) is 17.7 Å². The number of anilines is 1. The van der Waals surface area contributed by atoms with Crippen molar-refractivity contribution < 1.29 is 5.11 Å². The molecule has 1 aromatic heterocycles. The predicted octanol–water partition coefficient (Wildman–Crippen LogP) is 3.19. The summed E-state index contributed by atoms with van der Waals surface area (Å²) in [6.45, 7) is 5.34. The molecule has 0 fully saturated rings.